The van der Waals surface area contributed by atoms with E-state index in [1.165, 1.54) is 0 Å². The van der Waals surface area contributed by atoms with Crippen LogP contribution in [0.3, 0.4) is 0 Å². The van der Waals surface area contributed by atoms with Gasteiger partial charge >= 0.3 is 31.2 Å². The van der Waals surface area contributed by atoms with Crippen molar-refractivity contribution in [2.24, 2.45) is 0 Å². The highest BCUT2D eigenvalue weighted by atomic mass is 32.3. The van der Waals surface area contributed by atoms with Crippen LogP contribution in [0, 0.1) is 0 Å². The fourth-order valence-corrected chi connectivity index (χ4v) is 0. The lowest BCUT2D eigenvalue weighted by molar-refractivity contribution is 0.352. The summed E-state index contributed by atoms with van der Waals surface area (Å²) in [5.74, 6) is 0. The first-order valence-electron chi connectivity index (χ1n) is 2.76. The predicted octanol–water partition coefficient (Wildman–Crippen LogP) is -2.54. The van der Waals surface area contributed by atoms with Gasteiger partial charge in [-0.25, -0.2) is 0 Å². The fraction of sp³-hybridized carbons (Fsp3) is 0. The van der Waals surface area contributed by atoms with Gasteiger partial charge in [0.1, 0.15) is 0 Å². The molecule has 18 nitrogen and oxygen atoms in total. The largest absolute Gasteiger partial charge is 0.759 e. The van der Waals surface area contributed by atoms with E-state index in [4.69, 9.17) is 70.1 Å². The molecule has 0 fully saturated rings. The molecule has 0 amide bonds. The van der Waals surface area contributed by atoms with Crippen LogP contribution in [0.15, 0.2) is 0 Å². The van der Waals surface area contributed by atoms with Crippen LogP contribution in [0.2, 0.25) is 0 Å². The molecule has 0 aromatic carbocycles. The molecule has 0 atom stereocenters. The van der Waals surface area contributed by atoms with E-state index in [0.29, 0.717) is 0 Å². The van der Waals surface area contributed by atoms with E-state index in [1.807, 2.05) is 0 Å². The smallest absolute Gasteiger partial charge is 0.394 e. The van der Waals surface area contributed by atoms with Crippen molar-refractivity contribution in [3.05, 3.63) is 0 Å². The van der Waals surface area contributed by atoms with E-state index in [1.54, 1.807) is 0 Å². The lowest BCUT2D eigenvalue weighted by Crippen LogP contribution is -1.91. The Kier molecular flexibility index (Phi) is 23.9. The van der Waals surface area contributed by atoms with Gasteiger partial charge in [-0.3, -0.25) is 35.7 Å². The molecule has 0 aromatic rings. The molecule has 0 aliphatic carbocycles. The molecule has 22 heavy (non-hydrogen) atoms. The van der Waals surface area contributed by atoms with E-state index in [9.17, 15) is 0 Å². The van der Waals surface area contributed by atoms with Crippen LogP contribution in [-0.4, -0.2) is 70.1 Å². The Morgan fingerprint density at radius 3 is 0.455 bits per heavy atom. The summed E-state index contributed by atoms with van der Waals surface area (Å²) in [7, 11) is -19.2. The maximum Gasteiger partial charge on any atom is 0.394 e. The Balaban J connectivity index is -0.0000000376. The summed E-state index contributed by atoms with van der Waals surface area (Å²) in [6, 6.07) is 0. The Bertz CT molecular complexity index is 477. The Morgan fingerprint density at radius 2 is 0.455 bits per heavy atom. The average Bonchev–Trinajstić information content (AvgIpc) is 1.62. The monoisotopic (exact) mass is 426 g/mol. The van der Waals surface area contributed by atoms with Crippen molar-refractivity contribution in [2.75, 3.05) is 0 Å². The third-order valence-corrected chi connectivity index (χ3v) is 0. The number of hydrogen-bond acceptors (Lipinski definition) is 10. The van der Waals surface area contributed by atoms with Crippen LogP contribution in [0.1, 0.15) is 0 Å². The second-order valence-corrected chi connectivity index (χ2v) is 5.26. The summed E-state index contributed by atoms with van der Waals surface area (Å²) in [6.07, 6.45) is 0. The molecule has 0 aliphatic heterocycles. The molecule has 0 radical (unpaired) electrons. The van der Waals surface area contributed by atoms with Crippen molar-refractivity contribution in [2.45, 2.75) is 0 Å². The molecule has 0 saturated heterocycles. The molecule has 0 spiro atoms. The van der Waals surface area contributed by atoms with Gasteiger partial charge in [-0.15, -0.1) is 0 Å². The first-order chi connectivity index (χ1) is 8.00. The van der Waals surface area contributed by atoms with E-state index in [-0.39, 0.29) is 12.3 Å². The Morgan fingerprint density at radius 1 is 0.455 bits per heavy atom. The molecule has 0 bridgehead atoms. The van der Waals surface area contributed by atoms with Crippen LogP contribution >= 0.6 is 0 Å². The van der Waals surface area contributed by atoms with Crippen molar-refractivity contribution >= 4 is 41.6 Å². The van der Waals surface area contributed by atoms with Gasteiger partial charge in [-0.05, 0) is 0 Å². The van der Waals surface area contributed by atoms with Gasteiger partial charge in [0, 0.05) is 10.4 Å². The SMILES string of the molecule is O=S(=O)(O)O.O=S(=O)(O)O.O=S(=O)(O)O.O=S(=O)([O-])[O-].[NH4+].[NH4+]. The van der Waals surface area contributed by atoms with Gasteiger partial charge in [0.05, 0.1) is 0 Å². The zero-order valence-electron chi connectivity index (χ0n) is 10.4. The molecular weight excluding hydrogens is 412 g/mol. The molecule has 0 aromatic heterocycles. The summed E-state index contributed by atoms with van der Waals surface area (Å²) in [5, 5.41) is 0. The minimum absolute atomic E-state index is 0. The highest BCUT2D eigenvalue weighted by molar-refractivity contribution is 7.80. The zero-order valence-corrected chi connectivity index (χ0v) is 13.7. The number of rotatable bonds is 0. The summed E-state index contributed by atoms with van der Waals surface area (Å²) >= 11 is 0. The van der Waals surface area contributed by atoms with Crippen molar-refractivity contribution < 1.29 is 70.1 Å². The molecular formula is H14N2O16S4. The fourth-order valence-electron chi connectivity index (χ4n) is 0. The normalized spacial score (nSPS) is 10.5. The first kappa shape index (κ1) is 37.6. The summed E-state index contributed by atoms with van der Waals surface area (Å²) in [5.41, 5.74) is 0. The van der Waals surface area contributed by atoms with Crippen LogP contribution in [0.5, 0.6) is 0 Å². The van der Waals surface area contributed by atoms with Gasteiger partial charge in [-0.1, -0.05) is 0 Å². The lowest BCUT2D eigenvalue weighted by Gasteiger charge is -2.06. The van der Waals surface area contributed by atoms with E-state index >= 15 is 0 Å². The summed E-state index contributed by atoms with van der Waals surface area (Å²) in [4.78, 5) is 0. The number of hydrogen-bond donors (Lipinski definition) is 8. The highest BCUT2D eigenvalue weighted by Gasteiger charge is 1.85. The second kappa shape index (κ2) is 14.0. The van der Waals surface area contributed by atoms with Crippen LogP contribution < -0.4 is 12.3 Å². The second-order valence-electron chi connectivity index (χ2n) is 1.75. The van der Waals surface area contributed by atoms with Crippen LogP contribution in [0.25, 0.3) is 0 Å². The molecule has 144 valence electrons. The zero-order chi connectivity index (χ0) is 18.0. The lowest BCUT2D eigenvalue weighted by atomic mass is 14.0. The van der Waals surface area contributed by atoms with Crippen LogP contribution in [-0.2, 0) is 41.6 Å². The molecule has 0 saturated carbocycles. The average molecular weight is 426 g/mol. The summed E-state index contributed by atoms with van der Waals surface area (Å²) < 4.78 is 129. The minimum atomic E-state index is -5.17. The standard InChI is InChI=1S/2H3N.4H2O4S/c;;4*1-5(2,3)4/h2*1H3;4*(H2,1,2,3,4). The van der Waals surface area contributed by atoms with Gasteiger partial charge in [0.2, 0.25) is 0 Å². The number of quaternary nitrogens is 2. The topological polar surface area (TPSA) is 377 Å². The van der Waals surface area contributed by atoms with E-state index < -0.39 is 41.6 Å². The minimum Gasteiger partial charge on any atom is -0.759 e. The maximum atomic E-state index is 8.74. The molecule has 0 rings (SSSR count). The third kappa shape index (κ3) is 18200. The molecule has 0 aliphatic rings. The van der Waals surface area contributed by atoms with Crippen molar-refractivity contribution in [1.29, 1.82) is 0 Å². The highest BCUT2D eigenvalue weighted by Crippen LogP contribution is 1.60. The molecule has 22 heteroatoms. The van der Waals surface area contributed by atoms with Crippen LogP contribution in [0.4, 0.5) is 0 Å². The molecule has 14 N–H and O–H groups in total. The van der Waals surface area contributed by atoms with Crippen molar-refractivity contribution in [3.63, 3.8) is 0 Å². The predicted molar refractivity (Wildman–Crippen MR) is 65.0 cm³/mol. The third-order valence-electron chi connectivity index (χ3n) is 0. The van der Waals surface area contributed by atoms with Gasteiger partial charge in [0.15, 0.2) is 0 Å². The van der Waals surface area contributed by atoms with Crippen molar-refractivity contribution in [3.8, 4) is 0 Å². The Labute approximate surface area is 124 Å². The van der Waals surface area contributed by atoms with Gasteiger partial charge in [-0.2, -0.15) is 25.3 Å². The van der Waals surface area contributed by atoms with E-state index in [0.717, 1.165) is 0 Å². The Hall–Kier alpha value is -0.600. The first-order valence-corrected chi connectivity index (χ1v) is 8.29. The van der Waals surface area contributed by atoms with E-state index in [2.05, 4.69) is 0 Å². The van der Waals surface area contributed by atoms with Gasteiger partial charge in [0.25, 0.3) is 0 Å². The quantitative estimate of drug-likeness (QED) is 0.146. The molecule has 0 heterocycles. The summed E-state index contributed by atoms with van der Waals surface area (Å²) in [6.45, 7) is 0. The van der Waals surface area contributed by atoms with Crippen molar-refractivity contribution in [1.82, 2.24) is 12.3 Å². The maximum absolute atomic E-state index is 8.74. The van der Waals surface area contributed by atoms with Gasteiger partial charge < -0.3 is 21.4 Å². The molecule has 0 unspecified atom stereocenters.